The molecule has 0 aliphatic carbocycles. The van der Waals surface area contributed by atoms with Gasteiger partial charge in [-0.15, -0.1) is 0 Å². The number of hydrogen-bond acceptors (Lipinski definition) is 5. The van der Waals surface area contributed by atoms with Crippen LogP contribution in [-0.2, 0) is 4.79 Å². The Bertz CT molecular complexity index is 1360. The van der Waals surface area contributed by atoms with Gasteiger partial charge in [0.25, 0.3) is 0 Å². The van der Waals surface area contributed by atoms with Crippen molar-refractivity contribution in [2.24, 2.45) is 5.92 Å². The van der Waals surface area contributed by atoms with E-state index in [2.05, 4.69) is 22.6 Å². The van der Waals surface area contributed by atoms with Crippen LogP contribution >= 0.6 is 11.3 Å². The maximum Gasteiger partial charge on any atom is 0.227 e. The summed E-state index contributed by atoms with van der Waals surface area (Å²) in [6.45, 7) is 2.91. The first-order chi connectivity index (χ1) is 16.5. The van der Waals surface area contributed by atoms with Gasteiger partial charge in [-0.3, -0.25) is 9.20 Å². The number of imidazole rings is 1. The second-order valence-corrected chi connectivity index (χ2v) is 10.5. The second kappa shape index (κ2) is 8.76. The van der Waals surface area contributed by atoms with Crippen LogP contribution in [0, 0.1) is 11.7 Å². The van der Waals surface area contributed by atoms with Crippen molar-refractivity contribution >= 4 is 38.1 Å². The number of halogens is 1. The molecule has 2 N–H and O–H groups in total. The van der Waals surface area contributed by atoms with Crippen LogP contribution in [0.15, 0.2) is 42.6 Å². The van der Waals surface area contributed by atoms with Crippen LogP contribution in [0.5, 0.6) is 0 Å². The third-order valence-corrected chi connectivity index (χ3v) is 8.20. The molecule has 0 radical (unpaired) electrons. The smallest absolute Gasteiger partial charge is 0.227 e. The van der Waals surface area contributed by atoms with Gasteiger partial charge in [0.1, 0.15) is 5.82 Å². The number of rotatable bonds is 4. The van der Waals surface area contributed by atoms with Crippen molar-refractivity contribution in [2.75, 3.05) is 32.0 Å². The van der Waals surface area contributed by atoms with Crippen LogP contribution in [0.1, 0.15) is 37.3 Å². The van der Waals surface area contributed by atoms with Gasteiger partial charge < -0.3 is 15.5 Å². The summed E-state index contributed by atoms with van der Waals surface area (Å²) >= 11 is 1.55. The zero-order chi connectivity index (χ0) is 23.2. The molecule has 1 amide bonds. The molecule has 4 heterocycles. The van der Waals surface area contributed by atoms with Crippen molar-refractivity contribution < 1.29 is 9.18 Å². The van der Waals surface area contributed by atoms with Gasteiger partial charge >= 0.3 is 0 Å². The zero-order valence-corrected chi connectivity index (χ0v) is 20.0. The molecule has 2 aliphatic rings. The summed E-state index contributed by atoms with van der Waals surface area (Å²) in [6, 6.07) is 11.7. The summed E-state index contributed by atoms with van der Waals surface area (Å²) in [4.78, 5) is 20.5. The molecule has 2 fully saturated rings. The van der Waals surface area contributed by atoms with Crippen LogP contribution in [0.25, 0.3) is 26.4 Å². The number of amides is 1. The molecule has 1 unspecified atom stereocenters. The van der Waals surface area contributed by atoms with Gasteiger partial charge in [-0.2, -0.15) is 0 Å². The Morgan fingerprint density at radius 2 is 2.03 bits per heavy atom. The molecule has 0 saturated carbocycles. The van der Waals surface area contributed by atoms with Gasteiger partial charge in [0.2, 0.25) is 5.91 Å². The summed E-state index contributed by atoms with van der Waals surface area (Å²) in [7, 11) is 2.10. The minimum absolute atomic E-state index is 0.0702. The molecule has 176 valence electrons. The maximum absolute atomic E-state index is 15.0. The lowest BCUT2D eigenvalue weighted by Gasteiger charge is -2.28. The number of anilines is 1. The molecule has 6 rings (SSSR count). The molecule has 0 bridgehead atoms. The third kappa shape index (κ3) is 4.00. The number of piperidine rings is 1. The molecule has 8 heteroatoms. The number of nitrogens with zero attached hydrogens (tertiary/aromatic N) is 3. The van der Waals surface area contributed by atoms with Crippen LogP contribution in [-0.4, -0.2) is 46.9 Å². The van der Waals surface area contributed by atoms with Gasteiger partial charge in [-0.25, -0.2) is 9.37 Å². The minimum Gasteiger partial charge on any atom is -0.326 e. The number of nitrogens with one attached hydrogen (secondary N) is 2. The van der Waals surface area contributed by atoms with Gasteiger partial charge in [-0.1, -0.05) is 17.4 Å². The Morgan fingerprint density at radius 3 is 2.79 bits per heavy atom. The lowest BCUT2D eigenvalue weighted by Crippen LogP contribution is -2.35. The standard InChI is InChI=1S/C26H28FN5OS/c1-31-11-8-16(9-12-31)25(33)29-18-5-7-23-24(14-18)34-26-30-22(15-32(23)26)19-6-4-17(13-20(19)27)21-3-2-10-28-21/h4-7,13-16,21,28H,2-3,8-12H2,1H3,(H,29,33). The van der Waals surface area contributed by atoms with Crippen LogP contribution in [0.2, 0.25) is 0 Å². The van der Waals surface area contributed by atoms with E-state index in [4.69, 9.17) is 4.98 Å². The van der Waals surface area contributed by atoms with Crippen molar-refractivity contribution in [1.29, 1.82) is 0 Å². The summed E-state index contributed by atoms with van der Waals surface area (Å²) < 4.78 is 18.0. The van der Waals surface area contributed by atoms with E-state index in [1.54, 1.807) is 17.4 Å². The monoisotopic (exact) mass is 477 g/mol. The van der Waals surface area contributed by atoms with Gasteiger partial charge in [0, 0.05) is 29.4 Å². The van der Waals surface area contributed by atoms with E-state index in [9.17, 15) is 9.18 Å². The molecular formula is C26H28FN5OS. The fourth-order valence-electron chi connectivity index (χ4n) is 5.15. The third-order valence-electron chi connectivity index (χ3n) is 7.18. The minimum atomic E-state index is -0.236. The second-order valence-electron chi connectivity index (χ2n) is 9.52. The highest BCUT2D eigenvalue weighted by Crippen LogP contribution is 2.33. The molecule has 6 nitrogen and oxygen atoms in total. The fraction of sp³-hybridized carbons (Fsp3) is 0.385. The van der Waals surface area contributed by atoms with E-state index < -0.39 is 0 Å². The summed E-state index contributed by atoms with van der Waals surface area (Å²) in [6.07, 6.45) is 5.87. The molecule has 1 atom stereocenters. The Kier molecular flexibility index (Phi) is 5.59. The van der Waals surface area contributed by atoms with E-state index >= 15 is 0 Å². The van der Waals surface area contributed by atoms with Crippen molar-refractivity contribution in [3.8, 4) is 11.3 Å². The molecule has 2 aliphatic heterocycles. The summed E-state index contributed by atoms with van der Waals surface area (Å²) in [5.74, 6) is -0.0659. The van der Waals surface area contributed by atoms with Crippen LogP contribution in [0.3, 0.4) is 0 Å². The Hall–Kier alpha value is -2.81. The quantitative estimate of drug-likeness (QED) is 0.431. The Morgan fingerprint density at radius 1 is 1.18 bits per heavy atom. The van der Waals surface area contributed by atoms with E-state index in [1.807, 2.05) is 40.9 Å². The fourth-order valence-corrected chi connectivity index (χ4v) is 6.20. The number of hydrogen-bond donors (Lipinski definition) is 2. The number of benzene rings is 2. The molecule has 2 aromatic carbocycles. The number of likely N-dealkylation sites (tertiary alicyclic amines) is 1. The number of fused-ring (bicyclic) bond motifs is 3. The maximum atomic E-state index is 15.0. The number of carbonyl (C=O) groups excluding carboxylic acids is 1. The molecule has 4 aromatic rings. The van der Waals surface area contributed by atoms with Crippen LogP contribution in [0.4, 0.5) is 10.1 Å². The average Bonchev–Trinajstić information content (AvgIpc) is 3.56. The predicted molar refractivity (Wildman–Crippen MR) is 135 cm³/mol. The summed E-state index contributed by atoms with van der Waals surface area (Å²) in [5, 5.41) is 6.51. The predicted octanol–water partition coefficient (Wildman–Crippen LogP) is 5.06. The topological polar surface area (TPSA) is 61.7 Å². The molecular weight excluding hydrogens is 449 g/mol. The van der Waals surface area contributed by atoms with Crippen molar-refractivity contribution in [1.82, 2.24) is 19.6 Å². The highest BCUT2D eigenvalue weighted by molar-refractivity contribution is 7.23. The normalized spacial score (nSPS) is 19.9. The van der Waals surface area contributed by atoms with Crippen LogP contribution < -0.4 is 10.6 Å². The first-order valence-corrected chi connectivity index (χ1v) is 12.8. The first-order valence-electron chi connectivity index (χ1n) is 12.0. The van der Waals surface area contributed by atoms with Crippen molar-refractivity contribution in [2.45, 2.75) is 31.7 Å². The van der Waals surface area contributed by atoms with Gasteiger partial charge in [0.05, 0.1) is 15.9 Å². The van der Waals surface area contributed by atoms with E-state index in [0.717, 1.165) is 71.7 Å². The van der Waals surface area contributed by atoms with Gasteiger partial charge in [0.15, 0.2) is 4.96 Å². The Labute approximate surface area is 201 Å². The SMILES string of the molecule is CN1CCC(C(=O)Nc2ccc3c(c2)sc2nc(-c4ccc(C5CCCN5)cc4F)cn23)CC1. The summed E-state index contributed by atoms with van der Waals surface area (Å²) in [5.41, 5.74) is 3.97. The molecule has 34 heavy (non-hydrogen) atoms. The molecule has 2 saturated heterocycles. The van der Waals surface area contributed by atoms with E-state index in [0.29, 0.717) is 11.3 Å². The van der Waals surface area contributed by atoms with Gasteiger partial charge in [-0.05, 0) is 88.3 Å². The largest absolute Gasteiger partial charge is 0.326 e. The highest BCUT2D eigenvalue weighted by Gasteiger charge is 2.24. The van der Waals surface area contributed by atoms with Crippen molar-refractivity contribution in [3.05, 3.63) is 54.0 Å². The number of carbonyl (C=O) groups is 1. The highest BCUT2D eigenvalue weighted by atomic mass is 32.1. The molecule has 2 aromatic heterocycles. The lowest BCUT2D eigenvalue weighted by atomic mass is 9.96. The van der Waals surface area contributed by atoms with E-state index in [-0.39, 0.29) is 23.7 Å². The molecule has 0 spiro atoms. The van der Waals surface area contributed by atoms with Crippen molar-refractivity contribution in [3.63, 3.8) is 0 Å². The number of aromatic nitrogens is 2. The average molecular weight is 478 g/mol. The van der Waals surface area contributed by atoms with E-state index in [1.165, 1.54) is 0 Å². The Balaban J connectivity index is 1.24. The lowest BCUT2D eigenvalue weighted by molar-refractivity contribution is -0.121. The zero-order valence-electron chi connectivity index (χ0n) is 19.2. The first kappa shape index (κ1) is 21.7. The number of thiazole rings is 1.